The van der Waals surface area contributed by atoms with Crippen molar-refractivity contribution in [2.24, 2.45) is 0 Å². The second-order valence-electron chi connectivity index (χ2n) is 6.00. The van der Waals surface area contributed by atoms with Crippen LogP contribution >= 0.6 is 27.7 Å². The molecule has 2 amide bonds. The fourth-order valence-electron chi connectivity index (χ4n) is 2.90. The molecular formula is C18H21BrN2O5S. The second kappa shape index (κ2) is 8.43. The lowest BCUT2D eigenvalue weighted by Gasteiger charge is -2.33. The van der Waals surface area contributed by atoms with Gasteiger partial charge in [-0.25, -0.2) is 9.59 Å². The quantitative estimate of drug-likeness (QED) is 0.521. The van der Waals surface area contributed by atoms with E-state index in [2.05, 4.69) is 28.2 Å². The van der Waals surface area contributed by atoms with E-state index in [9.17, 15) is 9.59 Å². The minimum atomic E-state index is -0.649. The molecule has 0 saturated carbocycles. The molecule has 0 spiro atoms. The molecule has 2 aliphatic heterocycles. The minimum Gasteiger partial charge on any atom is -0.461 e. The Bertz CT molecular complexity index is 798. The van der Waals surface area contributed by atoms with Crippen LogP contribution in [0.15, 0.2) is 27.9 Å². The third-order valence-corrected chi connectivity index (χ3v) is 5.99. The molecule has 1 aromatic carbocycles. The maximum Gasteiger partial charge on any atom is 0.338 e. The number of fused-ring (bicyclic) bond motifs is 1. The van der Waals surface area contributed by atoms with E-state index in [4.69, 9.17) is 14.2 Å². The number of carbonyl (C=O) groups is 2. The van der Waals surface area contributed by atoms with Crippen LogP contribution in [0, 0.1) is 0 Å². The van der Waals surface area contributed by atoms with Crippen LogP contribution in [-0.2, 0) is 9.53 Å². The lowest BCUT2D eigenvalue weighted by molar-refractivity contribution is -0.139. The van der Waals surface area contributed by atoms with Crippen molar-refractivity contribution in [3.05, 3.63) is 33.4 Å². The molecule has 2 aliphatic rings. The van der Waals surface area contributed by atoms with Gasteiger partial charge in [0.15, 0.2) is 11.5 Å². The number of esters is 1. The highest BCUT2D eigenvalue weighted by atomic mass is 79.9. The van der Waals surface area contributed by atoms with Crippen molar-refractivity contribution < 1.29 is 23.8 Å². The number of halogens is 1. The first-order valence-corrected chi connectivity index (χ1v) is 10.5. The predicted molar refractivity (Wildman–Crippen MR) is 106 cm³/mol. The lowest BCUT2D eigenvalue weighted by Crippen LogP contribution is -2.46. The number of rotatable bonds is 6. The molecule has 7 nitrogen and oxygen atoms in total. The van der Waals surface area contributed by atoms with E-state index in [1.54, 1.807) is 37.9 Å². The Morgan fingerprint density at radius 1 is 1.41 bits per heavy atom. The Hall–Kier alpha value is -1.87. The van der Waals surface area contributed by atoms with Gasteiger partial charge in [-0.15, -0.1) is 0 Å². The van der Waals surface area contributed by atoms with E-state index in [-0.39, 0.29) is 12.8 Å². The fraction of sp³-hybridized carbons (Fsp3) is 0.444. The number of benzene rings is 1. The van der Waals surface area contributed by atoms with Crippen LogP contribution in [0.2, 0.25) is 0 Å². The van der Waals surface area contributed by atoms with E-state index in [1.807, 2.05) is 0 Å². The lowest BCUT2D eigenvalue weighted by atomic mass is 9.94. The maximum atomic E-state index is 12.8. The summed E-state index contributed by atoms with van der Waals surface area (Å²) in [5, 5.41) is 2.87. The number of allylic oxidation sites excluding steroid dienone is 1. The van der Waals surface area contributed by atoms with E-state index >= 15 is 0 Å². The first kappa shape index (κ1) is 19.9. The molecule has 146 valence electrons. The highest BCUT2D eigenvalue weighted by Crippen LogP contribution is 2.42. The molecule has 0 aromatic heterocycles. The van der Waals surface area contributed by atoms with Gasteiger partial charge in [-0.1, -0.05) is 22.9 Å². The summed E-state index contributed by atoms with van der Waals surface area (Å²) < 4.78 is 17.0. The summed E-state index contributed by atoms with van der Waals surface area (Å²) in [5.74, 6) is 2.45. The number of nitrogens with zero attached hydrogens (tertiary/aromatic N) is 1. The molecule has 1 N–H and O–H groups in total. The first-order valence-electron chi connectivity index (χ1n) is 8.53. The number of hydrogen-bond acceptors (Lipinski definition) is 6. The Morgan fingerprint density at radius 2 is 2.11 bits per heavy atom. The standard InChI is InChI=1S/C18H21BrN2O5S/c1-4-27-6-5-24-17(22)15-10(2)21(3)18(23)20-16(15)11-7-13-14(8-12(11)19)26-9-25-13/h7-8,16H,4-6,9H2,1-3H3,(H,20,23). The average molecular weight is 457 g/mol. The van der Waals surface area contributed by atoms with Crippen LogP contribution in [0.4, 0.5) is 4.79 Å². The van der Waals surface area contributed by atoms with Gasteiger partial charge in [0.25, 0.3) is 0 Å². The zero-order valence-corrected chi connectivity index (χ0v) is 17.7. The summed E-state index contributed by atoms with van der Waals surface area (Å²) >= 11 is 5.21. The first-order chi connectivity index (χ1) is 12.9. The van der Waals surface area contributed by atoms with Gasteiger partial charge < -0.3 is 24.4 Å². The van der Waals surface area contributed by atoms with Crippen molar-refractivity contribution in [3.8, 4) is 11.5 Å². The van der Waals surface area contributed by atoms with Gasteiger partial charge in [-0.05, 0) is 30.4 Å². The number of amides is 2. The minimum absolute atomic E-state index is 0.143. The van der Waals surface area contributed by atoms with Crippen LogP contribution in [0.25, 0.3) is 0 Å². The molecule has 3 rings (SSSR count). The second-order valence-corrected chi connectivity index (χ2v) is 8.25. The summed E-state index contributed by atoms with van der Waals surface area (Å²) in [5.41, 5.74) is 1.66. The van der Waals surface area contributed by atoms with Gasteiger partial charge in [0.1, 0.15) is 6.61 Å². The molecule has 9 heteroatoms. The summed E-state index contributed by atoms with van der Waals surface area (Å²) in [7, 11) is 1.62. The van der Waals surface area contributed by atoms with Crippen LogP contribution in [0.3, 0.4) is 0 Å². The molecule has 0 aliphatic carbocycles. The van der Waals surface area contributed by atoms with E-state index in [1.165, 1.54) is 4.90 Å². The predicted octanol–water partition coefficient (Wildman–Crippen LogP) is 3.44. The maximum absolute atomic E-state index is 12.8. The zero-order valence-electron chi connectivity index (χ0n) is 15.3. The van der Waals surface area contributed by atoms with Crippen LogP contribution in [0.1, 0.15) is 25.5 Å². The smallest absolute Gasteiger partial charge is 0.338 e. The summed E-state index contributed by atoms with van der Waals surface area (Å²) in [6.07, 6.45) is 0. The SMILES string of the molecule is CCSCCOC(=O)C1=C(C)N(C)C(=O)NC1c1cc2c(cc1Br)OCO2. The Balaban J connectivity index is 1.94. The van der Waals surface area contributed by atoms with E-state index in [0.717, 1.165) is 11.5 Å². The Kier molecular flexibility index (Phi) is 6.21. The van der Waals surface area contributed by atoms with Crippen molar-refractivity contribution in [1.82, 2.24) is 10.2 Å². The molecule has 1 unspecified atom stereocenters. The van der Waals surface area contributed by atoms with Crippen molar-refractivity contribution in [2.75, 3.05) is 32.0 Å². The highest BCUT2D eigenvalue weighted by Gasteiger charge is 2.36. The number of ether oxygens (including phenoxy) is 3. The molecule has 0 fully saturated rings. The fourth-order valence-corrected chi connectivity index (χ4v) is 3.94. The summed E-state index contributed by atoms with van der Waals surface area (Å²) in [4.78, 5) is 26.6. The summed E-state index contributed by atoms with van der Waals surface area (Å²) in [6.45, 7) is 4.26. The topological polar surface area (TPSA) is 77.1 Å². The largest absolute Gasteiger partial charge is 0.461 e. The van der Waals surface area contributed by atoms with Gasteiger partial charge in [0, 0.05) is 23.0 Å². The molecule has 1 aromatic rings. The van der Waals surface area contributed by atoms with E-state index in [0.29, 0.717) is 39.4 Å². The van der Waals surface area contributed by atoms with Crippen LogP contribution in [0.5, 0.6) is 11.5 Å². The van der Waals surface area contributed by atoms with Crippen LogP contribution in [-0.4, -0.2) is 48.9 Å². The van der Waals surface area contributed by atoms with Gasteiger partial charge in [0.05, 0.1) is 11.6 Å². The number of carbonyl (C=O) groups excluding carboxylic acids is 2. The number of nitrogens with one attached hydrogen (secondary N) is 1. The zero-order chi connectivity index (χ0) is 19.6. The van der Waals surface area contributed by atoms with Gasteiger partial charge in [-0.2, -0.15) is 11.8 Å². The summed E-state index contributed by atoms with van der Waals surface area (Å²) in [6, 6.07) is 2.61. The molecule has 2 heterocycles. The molecule has 1 atom stereocenters. The average Bonchev–Trinajstić information content (AvgIpc) is 3.09. The molecule has 0 saturated heterocycles. The van der Waals surface area contributed by atoms with Crippen molar-refractivity contribution in [3.63, 3.8) is 0 Å². The Labute approximate surface area is 170 Å². The monoisotopic (exact) mass is 456 g/mol. The number of thioether (sulfide) groups is 1. The third-order valence-electron chi connectivity index (χ3n) is 4.44. The molecular weight excluding hydrogens is 436 g/mol. The molecule has 0 radical (unpaired) electrons. The highest BCUT2D eigenvalue weighted by molar-refractivity contribution is 9.10. The van der Waals surface area contributed by atoms with Gasteiger partial charge in [-0.3, -0.25) is 0 Å². The van der Waals surface area contributed by atoms with Gasteiger partial charge >= 0.3 is 12.0 Å². The molecule has 0 bridgehead atoms. The Morgan fingerprint density at radius 3 is 2.81 bits per heavy atom. The van der Waals surface area contributed by atoms with Gasteiger partial charge in [0.2, 0.25) is 6.79 Å². The van der Waals surface area contributed by atoms with Crippen molar-refractivity contribution >= 4 is 39.7 Å². The van der Waals surface area contributed by atoms with Crippen molar-refractivity contribution in [1.29, 1.82) is 0 Å². The normalized spacial score (nSPS) is 18.6. The number of hydrogen-bond donors (Lipinski definition) is 1. The third kappa shape index (κ3) is 4.03. The van der Waals surface area contributed by atoms with E-state index < -0.39 is 12.0 Å². The molecule has 27 heavy (non-hydrogen) atoms. The number of urea groups is 1. The van der Waals surface area contributed by atoms with Crippen LogP contribution < -0.4 is 14.8 Å². The van der Waals surface area contributed by atoms with Crippen molar-refractivity contribution in [2.45, 2.75) is 19.9 Å².